The van der Waals surface area contributed by atoms with Crippen LogP contribution in [0.5, 0.6) is 0 Å². The van der Waals surface area contributed by atoms with Crippen LogP contribution in [0, 0.1) is 13.8 Å². The third-order valence-electron chi connectivity index (χ3n) is 5.60. The summed E-state index contributed by atoms with van der Waals surface area (Å²) < 4.78 is 0. The largest absolute Gasteiger partial charge is 0.368 e. The molecule has 0 bridgehead atoms. The summed E-state index contributed by atoms with van der Waals surface area (Å²) in [5.74, 6) is 0.750. The Balaban J connectivity index is 1.39. The second-order valence-electron chi connectivity index (χ2n) is 7.62. The minimum absolute atomic E-state index is 0.00655. The number of pyridine rings is 1. The van der Waals surface area contributed by atoms with E-state index in [-0.39, 0.29) is 11.8 Å². The Kier molecular flexibility index (Phi) is 5.03. The average Bonchev–Trinajstić information content (AvgIpc) is 3.14. The summed E-state index contributed by atoms with van der Waals surface area (Å²) >= 11 is 0. The van der Waals surface area contributed by atoms with Crippen molar-refractivity contribution in [3.8, 4) is 0 Å². The molecule has 2 aromatic rings. The predicted octanol–water partition coefficient (Wildman–Crippen LogP) is 2.79. The molecule has 0 aliphatic carbocycles. The van der Waals surface area contributed by atoms with Gasteiger partial charge in [-0.3, -0.25) is 14.5 Å². The third-order valence-corrected chi connectivity index (χ3v) is 5.60. The van der Waals surface area contributed by atoms with Gasteiger partial charge in [-0.2, -0.15) is 0 Å². The van der Waals surface area contributed by atoms with Crippen LogP contribution >= 0.6 is 0 Å². The third kappa shape index (κ3) is 3.59. The van der Waals surface area contributed by atoms with Gasteiger partial charge in [0.2, 0.25) is 5.91 Å². The number of hydrogen-bond acceptors (Lipinski definition) is 4. The molecule has 28 heavy (non-hydrogen) atoms. The number of piperazine rings is 1. The van der Waals surface area contributed by atoms with Gasteiger partial charge >= 0.3 is 0 Å². The van der Waals surface area contributed by atoms with E-state index in [4.69, 9.17) is 0 Å². The molecule has 1 aromatic heterocycles. The number of aryl methyl sites for hydroxylation is 2. The van der Waals surface area contributed by atoms with Crippen LogP contribution in [-0.2, 0) is 4.79 Å². The Labute approximate surface area is 165 Å². The van der Waals surface area contributed by atoms with E-state index in [1.165, 1.54) is 16.8 Å². The number of nitrogens with zero attached hydrogens (tertiary/aromatic N) is 4. The molecule has 0 radical (unpaired) electrons. The second-order valence-corrected chi connectivity index (χ2v) is 7.62. The van der Waals surface area contributed by atoms with Gasteiger partial charge in [-0.15, -0.1) is 0 Å². The lowest BCUT2D eigenvalue weighted by atomic mass is 10.1. The van der Waals surface area contributed by atoms with Crippen LogP contribution in [0.3, 0.4) is 0 Å². The van der Waals surface area contributed by atoms with Gasteiger partial charge in [0.1, 0.15) is 5.82 Å². The Morgan fingerprint density at radius 1 is 1.00 bits per heavy atom. The summed E-state index contributed by atoms with van der Waals surface area (Å²) in [6.07, 6.45) is 3.04. The lowest BCUT2D eigenvalue weighted by Crippen LogP contribution is -2.49. The second kappa shape index (κ2) is 7.62. The van der Waals surface area contributed by atoms with E-state index in [9.17, 15) is 9.59 Å². The zero-order valence-electron chi connectivity index (χ0n) is 16.5. The number of rotatable bonds is 3. The molecular formula is C22H26N4O2. The molecule has 3 heterocycles. The molecule has 2 fully saturated rings. The van der Waals surface area contributed by atoms with Gasteiger partial charge in [-0.25, -0.2) is 4.98 Å². The highest BCUT2D eigenvalue weighted by molar-refractivity contribution is 5.96. The molecule has 6 heteroatoms. The molecular weight excluding hydrogens is 352 g/mol. The number of anilines is 2. The fourth-order valence-corrected chi connectivity index (χ4v) is 4.06. The van der Waals surface area contributed by atoms with Crippen molar-refractivity contribution < 1.29 is 9.59 Å². The van der Waals surface area contributed by atoms with Crippen LogP contribution in [0.1, 0.15) is 34.3 Å². The monoisotopic (exact) mass is 378 g/mol. The molecule has 0 atom stereocenters. The highest BCUT2D eigenvalue weighted by atomic mass is 16.2. The molecule has 2 saturated heterocycles. The number of carbonyl (C=O) groups is 2. The SMILES string of the molecule is Cc1ccc(N2CCN(C(=O)c3ccc(N4CCCC4=O)nc3)CC2)c(C)c1. The Morgan fingerprint density at radius 2 is 1.79 bits per heavy atom. The molecule has 0 N–H and O–H groups in total. The Hall–Kier alpha value is -2.89. The summed E-state index contributed by atoms with van der Waals surface area (Å²) in [5.41, 5.74) is 4.37. The first kappa shape index (κ1) is 18.5. The normalized spacial score (nSPS) is 17.4. The van der Waals surface area contributed by atoms with Crippen molar-refractivity contribution in [3.05, 3.63) is 53.2 Å². The lowest BCUT2D eigenvalue weighted by Gasteiger charge is -2.37. The zero-order valence-corrected chi connectivity index (χ0v) is 16.5. The van der Waals surface area contributed by atoms with Crippen molar-refractivity contribution in [2.75, 3.05) is 42.5 Å². The van der Waals surface area contributed by atoms with Gasteiger partial charge in [0.15, 0.2) is 0 Å². The molecule has 0 saturated carbocycles. The standard InChI is InChI=1S/C22H26N4O2/c1-16-5-7-19(17(2)14-16)24-10-12-25(13-11-24)22(28)18-6-8-20(23-15-18)26-9-3-4-21(26)27/h5-8,14-15H,3-4,9-13H2,1-2H3. The summed E-state index contributed by atoms with van der Waals surface area (Å²) in [6.45, 7) is 7.98. The topological polar surface area (TPSA) is 56.8 Å². The summed E-state index contributed by atoms with van der Waals surface area (Å²) in [7, 11) is 0. The predicted molar refractivity (Wildman–Crippen MR) is 110 cm³/mol. The summed E-state index contributed by atoms with van der Waals surface area (Å²) in [4.78, 5) is 35.0. The average molecular weight is 378 g/mol. The van der Waals surface area contributed by atoms with Crippen LogP contribution in [0.2, 0.25) is 0 Å². The maximum absolute atomic E-state index is 12.8. The van der Waals surface area contributed by atoms with Gasteiger partial charge in [0.05, 0.1) is 5.56 Å². The summed E-state index contributed by atoms with van der Waals surface area (Å²) in [6, 6.07) is 10.1. The smallest absolute Gasteiger partial charge is 0.255 e. The van der Waals surface area contributed by atoms with E-state index in [2.05, 4.69) is 41.9 Å². The van der Waals surface area contributed by atoms with Gasteiger partial charge in [-0.1, -0.05) is 17.7 Å². The first-order chi connectivity index (χ1) is 13.5. The van der Waals surface area contributed by atoms with Crippen LogP contribution < -0.4 is 9.80 Å². The summed E-state index contributed by atoms with van der Waals surface area (Å²) in [5, 5.41) is 0. The van der Waals surface area contributed by atoms with Crippen molar-refractivity contribution in [1.82, 2.24) is 9.88 Å². The van der Waals surface area contributed by atoms with Crippen molar-refractivity contribution in [3.63, 3.8) is 0 Å². The maximum Gasteiger partial charge on any atom is 0.255 e. The zero-order chi connectivity index (χ0) is 19.7. The molecule has 2 amide bonds. The molecule has 4 rings (SSSR count). The van der Waals surface area contributed by atoms with Gasteiger partial charge < -0.3 is 9.80 Å². The number of aromatic nitrogens is 1. The molecule has 2 aliphatic heterocycles. The first-order valence-corrected chi connectivity index (χ1v) is 9.91. The molecule has 0 unspecified atom stereocenters. The minimum Gasteiger partial charge on any atom is -0.368 e. The van der Waals surface area contributed by atoms with Crippen LogP contribution in [0.15, 0.2) is 36.5 Å². The molecule has 146 valence electrons. The van der Waals surface area contributed by atoms with E-state index >= 15 is 0 Å². The van der Waals surface area contributed by atoms with Crippen molar-refractivity contribution in [1.29, 1.82) is 0 Å². The number of hydrogen-bond donors (Lipinski definition) is 0. The van der Waals surface area contributed by atoms with E-state index in [0.29, 0.717) is 37.4 Å². The lowest BCUT2D eigenvalue weighted by molar-refractivity contribution is -0.117. The van der Waals surface area contributed by atoms with E-state index in [0.717, 1.165) is 19.5 Å². The molecule has 1 aromatic carbocycles. The molecule has 2 aliphatic rings. The van der Waals surface area contributed by atoms with Crippen LogP contribution in [-0.4, -0.2) is 54.4 Å². The van der Waals surface area contributed by atoms with Gasteiger partial charge in [0, 0.05) is 51.0 Å². The number of benzene rings is 1. The fourth-order valence-electron chi connectivity index (χ4n) is 4.06. The maximum atomic E-state index is 12.8. The van der Waals surface area contributed by atoms with Gasteiger partial charge in [0.25, 0.3) is 5.91 Å². The van der Waals surface area contributed by atoms with Gasteiger partial charge in [-0.05, 0) is 44.0 Å². The van der Waals surface area contributed by atoms with E-state index in [1.807, 2.05) is 4.90 Å². The molecule has 0 spiro atoms. The van der Waals surface area contributed by atoms with Crippen molar-refractivity contribution >= 4 is 23.3 Å². The quantitative estimate of drug-likeness (QED) is 0.824. The van der Waals surface area contributed by atoms with E-state index < -0.39 is 0 Å². The van der Waals surface area contributed by atoms with E-state index in [1.54, 1.807) is 23.2 Å². The molecule has 6 nitrogen and oxygen atoms in total. The van der Waals surface area contributed by atoms with Crippen molar-refractivity contribution in [2.45, 2.75) is 26.7 Å². The fraction of sp³-hybridized carbons (Fsp3) is 0.409. The Bertz CT molecular complexity index is 886. The number of carbonyl (C=O) groups excluding carboxylic acids is 2. The van der Waals surface area contributed by atoms with Crippen molar-refractivity contribution in [2.24, 2.45) is 0 Å². The Morgan fingerprint density at radius 3 is 2.39 bits per heavy atom. The first-order valence-electron chi connectivity index (χ1n) is 9.91. The highest BCUT2D eigenvalue weighted by Gasteiger charge is 2.25. The highest BCUT2D eigenvalue weighted by Crippen LogP contribution is 2.23. The van der Waals surface area contributed by atoms with Crippen LogP contribution in [0.4, 0.5) is 11.5 Å². The number of amides is 2. The minimum atomic E-state index is 0.00655. The van der Waals surface area contributed by atoms with Crippen LogP contribution in [0.25, 0.3) is 0 Å².